The van der Waals surface area contributed by atoms with E-state index < -0.39 is 0 Å². The van der Waals surface area contributed by atoms with Crippen molar-refractivity contribution in [1.29, 1.82) is 0 Å². The fourth-order valence-electron chi connectivity index (χ4n) is 3.21. The minimum Gasteiger partial charge on any atom is -0.312 e. The Morgan fingerprint density at radius 3 is 2.30 bits per heavy atom. The van der Waals surface area contributed by atoms with Crippen LogP contribution in [0.4, 0.5) is 0 Å². The average Bonchev–Trinajstić information content (AvgIpc) is 3.37. The second-order valence-corrected chi connectivity index (χ2v) is 6.51. The van der Waals surface area contributed by atoms with Crippen LogP contribution in [0, 0.1) is 11.8 Å². The van der Waals surface area contributed by atoms with E-state index in [0.29, 0.717) is 0 Å². The van der Waals surface area contributed by atoms with Gasteiger partial charge in [0.1, 0.15) is 0 Å². The summed E-state index contributed by atoms with van der Waals surface area (Å²) in [5.74, 6) is 2.01. The molecule has 2 heteroatoms. The molecular formula is C18H28N2. The standard InChI is InChI=1S/C18H28N2/c1-2-20(14-15-6-4-3-5-7-15)13-12-19-18(16-8-9-16)17-10-11-17/h3-7,16-19H,2,8-14H2,1H3. The van der Waals surface area contributed by atoms with Gasteiger partial charge in [0.15, 0.2) is 0 Å². The molecule has 0 spiro atoms. The van der Waals surface area contributed by atoms with Gasteiger partial charge in [0.2, 0.25) is 0 Å². The van der Waals surface area contributed by atoms with Gasteiger partial charge < -0.3 is 5.32 Å². The number of nitrogens with one attached hydrogen (secondary N) is 1. The number of rotatable bonds is 9. The number of hydrogen-bond donors (Lipinski definition) is 1. The molecule has 0 heterocycles. The lowest BCUT2D eigenvalue weighted by Gasteiger charge is -2.23. The number of likely N-dealkylation sites (N-methyl/N-ethyl adjacent to an activating group) is 1. The Labute approximate surface area is 123 Å². The highest BCUT2D eigenvalue weighted by Crippen LogP contribution is 2.44. The van der Waals surface area contributed by atoms with Gasteiger partial charge in [0.05, 0.1) is 0 Å². The van der Waals surface area contributed by atoms with Crippen LogP contribution in [0.2, 0.25) is 0 Å². The summed E-state index contributed by atoms with van der Waals surface area (Å²) < 4.78 is 0. The second-order valence-electron chi connectivity index (χ2n) is 6.51. The lowest BCUT2D eigenvalue weighted by molar-refractivity contribution is 0.268. The van der Waals surface area contributed by atoms with Crippen molar-refractivity contribution >= 4 is 0 Å². The summed E-state index contributed by atoms with van der Waals surface area (Å²) in [7, 11) is 0. The summed E-state index contributed by atoms with van der Waals surface area (Å²) in [6.07, 6.45) is 5.87. The number of nitrogens with zero attached hydrogens (tertiary/aromatic N) is 1. The lowest BCUT2D eigenvalue weighted by atomic mass is 10.1. The molecule has 2 aliphatic carbocycles. The van der Waals surface area contributed by atoms with Gasteiger partial charge in [0.25, 0.3) is 0 Å². The average molecular weight is 272 g/mol. The molecule has 0 aliphatic heterocycles. The topological polar surface area (TPSA) is 15.3 Å². The van der Waals surface area contributed by atoms with E-state index in [0.717, 1.165) is 37.5 Å². The zero-order chi connectivity index (χ0) is 13.8. The quantitative estimate of drug-likeness (QED) is 0.742. The van der Waals surface area contributed by atoms with Crippen LogP contribution in [-0.2, 0) is 6.54 Å². The van der Waals surface area contributed by atoms with E-state index in [1.165, 1.54) is 37.8 Å². The van der Waals surface area contributed by atoms with Crippen LogP contribution in [-0.4, -0.2) is 30.6 Å². The van der Waals surface area contributed by atoms with E-state index in [4.69, 9.17) is 0 Å². The van der Waals surface area contributed by atoms with Crippen molar-refractivity contribution in [3.63, 3.8) is 0 Å². The second kappa shape index (κ2) is 6.73. The van der Waals surface area contributed by atoms with Crippen LogP contribution < -0.4 is 5.32 Å². The first-order valence-electron chi connectivity index (χ1n) is 8.36. The van der Waals surface area contributed by atoms with Crippen molar-refractivity contribution in [1.82, 2.24) is 10.2 Å². The molecule has 0 aromatic heterocycles. The molecule has 2 saturated carbocycles. The maximum absolute atomic E-state index is 3.85. The fraction of sp³-hybridized carbons (Fsp3) is 0.667. The van der Waals surface area contributed by atoms with Gasteiger partial charge in [-0.25, -0.2) is 0 Å². The van der Waals surface area contributed by atoms with Crippen molar-refractivity contribution in [3.05, 3.63) is 35.9 Å². The van der Waals surface area contributed by atoms with Crippen LogP contribution in [0.1, 0.15) is 38.2 Å². The Morgan fingerprint density at radius 1 is 1.10 bits per heavy atom. The smallest absolute Gasteiger partial charge is 0.0234 e. The normalized spacial score (nSPS) is 18.9. The molecule has 2 aliphatic rings. The minimum absolute atomic E-state index is 0.838. The van der Waals surface area contributed by atoms with E-state index in [9.17, 15) is 0 Å². The van der Waals surface area contributed by atoms with Gasteiger partial charge >= 0.3 is 0 Å². The molecule has 110 valence electrons. The van der Waals surface area contributed by atoms with Gasteiger partial charge in [-0.1, -0.05) is 37.3 Å². The van der Waals surface area contributed by atoms with Gasteiger partial charge in [-0.3, -0.25) is 4.90 Å². The van der Waals surface area contributed by atoms with Gasteiger partial charge in [-0.15, -0.1) is 0 Å². The largest absolute Gasteiger partial charge is 0.312 e. The van der Waals surface area contributed by atoms with Crippen LogP contribution in [0.3, 0.4) is 0 Å². The van der Waals surface area contributed by atoms with E-state index in [1.54, 1.807) is 0 Å². The molecule has 0 saturated heterocycles. The Balaban J connectivity index is 1.41. The molecule has 1 aromatic rings. The monoisotopic (exact) mass is 272 g/mol. The lowest BCUT2D eigenvalue weighted by Crippen LogP contribution is -2.39. The van der Waals surface area contributed by atoms with Crippen LogP contribution in [0.25, 0.3) is 0 Å². The predicted octanol–water partition coefficient (Wildman–Crippen LogP) is 3.29. The molecule has 2 nitrogen and oxygen atoms in total. The molecule has 0 unspecified atom stereocenters. The summed E-state index contributed by atoms with van der Waals surface area (Å²) in [6.45, 7) is 6.80. The third kappa shape index (κ3) is 4.07. The summed E-state index contributed by atoms with van der Waals surface area (Å²) in [5, 5.41) is 3.85. The summed E-state index contributed by atoms with van der Waals surface area (Å²) in [4.78, 5) is 2.54. The highest BCUT2D eigenvalue weighted by Gasteiger charge is 2.40. The highest BCUT2D eigenvalue weighted by atomic mass is 15.1. The maximum Gasteiger partial charge on any atom is 0.0234 e. The van der Waals surface area contributed by atoms with E-state index >= 15 is 0 Å². The van der Waals surface area contributed by atoms with Crippen molar-refractivity contribution in [3.8, 4) is 0 Å². The van der Waals surface area contributed by atoms with Gasteiger partial charge in [0, 0.05) is 25.7 Å². The molecule has 1 N–H and O–H groups in total. The third-order valence-electron chi connectivity index (χ3n) is 4.76. The third-order valence-corrected chi connectivity index (χ3v) is 4.76. The first kappa shape index (κ1) is 14.1. The summed E-state index contributed by atoms with van der Waals surface area (Å²) in [5.41, 5.74) is 1.43. The summed E-state index contributed by atoms with van der Waals surface area (Å²) >= 11 is 0. The van der Waals surface area contributed by atoms with Crippen molar-refractivity contribution in [2.45, 2.75) is 45.2 Å². The van der Waals surface area contributed by atoms with Crippen LogP contribution in [0.15, 0.2) is 30.3 Å². The zero-order valence-corrected chi connectivity index (χ0v) is 12.7. The zero-order valence-electron chi connectivity index (χ0n) is 12.7. The molecule has 0 radical (unpaired) electrons. The summed E-state index contributed by atoms with van der Waals surface area (Å²) in [6, 6.07) is 11.7. The van der Waals surface area contributed by atoms with E-state index in [-0.39, 0.29) is 0 Å². The first-order chi connectivity index (χ1) is 9.86. The van der Waals surface area contributed by atoms with Crippen LogP contribution >= 0.6 is 0 Å². The molecule has 0 amide bonds. The van der Waals surface area contributed by atoms with Crippen molar-refractivity contribution in [2.75, 3.05) is 19.6 Å². The maximum atomic E-state index is 3.85. The fourth-order valence-corrected chi connectivity index (χ4v) is 3.21. The van der Waals surface area contributed by atoms with Crippen molar-refractivity contribution < 1.29 is 0 Å². The first-order valence-corrected chi connectivity index (χ1v) is 8.36. The highest BCUT2D eigenvalue weighted by molar-refractivity contribution is 5.14. The number of benzene rings is 1. The molecule has 2 fully saturated rings. The molecule has 0 bridgehead atoms. The Hall–Kier alpha value is -0.860. The van der Waals surface area contributed by atoms with Crippen molar-refractivity contribution in [2.24, 2.45) is 11.8 Å². The molecular weight excluding hydrogens is 244 g/mol. The minimum atomic E-state index is 0.838. The van der Waals surface area contributed by atoms with E-state index in [1.807, 2.05) is 0 Å². The predicted molar refractivity (Wildman–Crippen MR) is 84.6 cm³/mol. The van der Waals surface area contributed by atoms with Gasteiger partial charge in [-0.2, -0.15) is 0 Å². The number of hydrogen-bond acceptors (Lipinski definition) is 2. The Kier molecular flexibility index (Phi) is 4.74. The molecule has 0 atom stereocenters. The van der Waals surface area contributed by atoms with Gasteiger partial charge in [-0.05, 0) is 49.6 Å². The van der Waals surface area contributed by atoms with Crippen LogP contribution in [0.5, 0.6) is 0 Å². The molecule has 3 rings (SSSR count). The molecule has 20 heavy (non-hydrogen) atoms. The Bertz CT molecular complexity index is 383. The molecule has 1 aromatic carbocycles. The Morgan fingerprint density at radius 2 is 1.75 bits per heavy atom. The SMILES string of the molecule is CCN(CCNC(C1CC1)C1CC1)Cc1ccccc1. The van der Waals surface area contributed by atoms with E-state index in [2.05, 4.69) is 47.5 Å².